The molecule has 0 unspecified atom stereocenters. The van der Waals surface area contributed by atoms with Crippen molar-refractivity contribution < 1.29 is 9.72 Å². The summed E-state index contributed by atoms with van der Waals surface area (Å²) in [6.45, 7) is 0.266. The molecule has 0 radical (unpaired) electrons. The molecule has 0 saturated heterocycles. The molecule has 0 saturated carbocycles. The summed E-state index contributed by atoms with van der Waals surface area (Å²) in [5, 5.41) is 18.8. The fraction of sp³-hybridized carbons (Fsp3) is 0.364. The van der Waals surface area contributed by atoms with E-state index in [0.717, 1.165) is 6.20 Å². The van der Waals surface area contributed by atoms with Crippen LogP contribution >= 0.6 is 0 Å². The first-order chi connectivity index (χ1) is 9.40. The average molecular weight is 278 g/mol. The number of carbonyl (C=O) groups excluding carboxylic acids is 1. The molecule has 2 heterocycles. The van der Waals surface area contributed by atoms with Crippen molar-refractivity contribution in [3.63, 3.8) is 0 Å². The molecular formula is C11H14N6O3. The van der Waals surface area contributed by atoms with Crippen LogP contribution in [0.1, 0.15) is 16.2 Å². The van der Waals surface area contributed by atoms with E-state index in [4.69, 9.17) is 0 Å². The van der Waals surface area contributed by atoms with E-state index >= 15 is 0 Å². The number of aryl methyl sites for hydroxylation is 2. The minimum absolute atomic E-state index is 0.0477. The van der Waals surface area contributed by atoms with Crippen LogP contribution in [0, 0.1) is 10.1 Å². The fourth-order valence-corrected chi connectivity index (χ4v) is 1.85. The van der Waals surface area contributed by atoms with E-state index in [1.807, 2.05) is 0 Å². The zero-order valence-electron chi connectivity index (χ0n) is 11.3. The van der Waals surface area contributed by atoms with Crippen LogP contribution in [-0.4, -0.2) is 42.3 Å². The highest BCUT2D eigenvalue weighted by molar-refractivity contribution is 5.96. The molecule has 0 atom stereocenters. The molecule has 9 nitrogen and oxygen atoms in total. The molecular weight excluding hydrogens is 264 g/mol. The van der Waals surface area contributed by atoms with Crippen molar-refractivity contribution in [2.45, 2.75) is 6.54 Å². The minimum Gasteiger partial charge on any atom is -0.334 e. The molecule has 1 amide bonds. The first-order valence-electron chi connectivity index (χ1n) is 5.80. The lowest BCUT2D eigenvalue weighted by atomic mass is 10.3. The van der Waals surface area contributed by atoms with E-state index in [1.165, 1.54) is 16.6 Å². The third-order valence-corrected chi connectivity index (χ3v) is 2.83. The summed E-state index contributed by atoms with van der Waals surface area (Å²) in [6, 6.07) is 1.78. The highest BCUT2D eigenvalue weighted by Crippen LogP contribution is 2.19. The lowest BCUT2D eigenvalue weighted by Gasteiger charge is -2.15. The van der Waals surface area contributed by atoms with Crippen LogP contribution in [0.15, 0.2) is 18.5 Å². The van der Waals surface area contributed by atoms with Gasteiger partial charge in [0.15, 0.2) is 0 Å². The van der Waals surface area contributed by atoms with Gasteiger partial charge in [-0.1, -0.05) is 0 Å². The third-order valence-electron chi connectivity index (χ3n) is 2.83. The molecule has 0 fully saturated rings. The van der Waals surface area contributed by atoms with Gasteiger partial charge in [-0.3, -0.25) is 24.3 Å². The largest absolute Gasteiger partial charge is 0.334 e. The Kier molecular flexibility index (Phi) is 3.51. The maximum Gasteiger partial charge on any atom is 0.320 e. The van der Waals surface area contributed by atoms with Crippen molar-refractivity contribution in [3.05, 3.63) is 40.0 Å². The number of nitrogens with zero attached hydrogens (tertiary/aromatic N) is 6. The van der Waals surface area contributed by atoms with Gasteiger partial charge in [-0.25, -0.2) is 0 Å². The smallest absolute Gasteiger partial charge is 0.320 e. The van der Waals surface area contributed by atoms with Crippen molar-refractivity contribution >= 4 is 11.6 Å². The molecule has 0 bridgehead atoms. The number of amides is 1. The summed E-state index contributed by atoms with van der Waals surface area (Å²) in [5.74, 6) is -0.470. The summed E-state index contributed by atoms with van der Waals surface area (Å²) in [6.07, 6.45) is 2.84. The Morgan fingerprint density at radius 2 is 2.20 bits per heavy atom. The van der Waals surface area contributed by atoms with Crippen molar-refractivity contribution in [2.75, 3.05) is 7.05 Å². The maximum atomic E-state index is 12.3. The first kappa shape index (κ1) is 13.7. The third kappa shape index (κ3) is 2.51. The summed E-state index contributed by atoms with van der Waals surface area (Å²) in [5.41, 5.74) is 0.354. The Hall–Kier alpha value is -2.71. The van der Waals surface area contributed by atoms with Crippen molar-refractivity contribution in [3.8, 4) is 0 Å². The zero-order valence-corrected chi connectivity index (χ0v) is 11.3. The van der Waals surface area contributed by atoms with E-state index < -0.39 is 10.8 Å². The SMILES string of the molecule is CN(Cc1ccn(C)n1)C(=O)c1c([N+](=O)[O-])cnn1C. The number of rotatable bonds is 4. The number of hydrogen-bond donors (Lipinski definition) is 0. The lowest BCUT2D eigenvalue weighted by Crippen LogP contribution is -2.29. The minimum atomic E-state index is -0.616. The summed E-state index contributed by atoms with van der Waals surface area (Å²) in [4.78, 5) is 23.9. The van der Waals surface area contributed by atoms with Gasteiger partial charge < -0.3 is 4.90 Å². The number of nitro groups is 1. The highest BCUT2D eigenvalue weighted by Gasteiger charge is 2.28. The second-order valence-corrected chi connectivity index (χ2v) is 4.40. The van der Waals surface area contributed by atoms with Crippen LogP contribution in [-0.2, 0) is 20.6 Å². The Morgan fingerprint density at radius 3 is 2.75 bits per heavy atom. The predicted molar refractivity (Wildman–Crippen MR) is 68.9 cm³/mol. The van der Waals surface area contributed by atoms with Crippen molar-refractivity contribution in [1.82, 2.24) is 24.5 Å². The molecule has 2 aromatic rings. The highest BCUT2D eigenvalue weighted by atomic mass is 16.6. The van der Waals surface area contributed by atoms with E-state index in [-0.39, 0.29) is 17.9 Å². The first-order valence-corrected chi connectivity index (χ1v) is 5.80. The number of carbonyl (C=O) groups is 1. The van der Waals surface area contributed by atoms with Crippen LogP contribution in [0.25, 0.3) is 0 Å². The normalized spacial score (nSPS) is 10.6. The van der Waals surface area contributed by atoms with E-state index in [0.29, 0.717) is 5.69 Å². The van der Waals surface area contributed by atoms with E-state index in [2.05, 4.69) is 10.2 Å². The standard InChI is InChI=1S/C11H14N6O3/c1-14(7-8-4-5-15(2)13-8)11(18)10-9(17(19)20)6-12-16(10)3/h4-6H,7H2,1-3H3. The molecule has 2 aromatic heterocycles. The molecule has 9 heteroatoms. The molecule has 0 aliphatic carbocycles. The number of aromatic nitrogens is 4. The summed E-state index contributed by atoms with van der Waals surface area (Å²) in [7, 11) is 4.83. The van der Waals surface area contributed by atoms with Gasteiger partial charge in [0.2, 0.25) is 5.69 Å². The fourth-order valence-electron chi connectivity index (χ4n) is 1.85. The molecule has 0 spiro atoms. The Labute approximate surface area is 114 Å². The quantitative estimate of drug-likeness (QED) is 0.593. The van der Waals surface area contributed by atoms with Gasteiger partial charge in [0.25, 0.3) is 5.91 Å². The van der Waals surface area contributed by atoms with Crippen LogP contribution in [0.3, 0.4) is 0 Å². The molecule has 0 aliphatic heterocycles. The van der Waals surface area contributed by atoms with Gasteiger partial charge in [0, 0.05) is 27.3 Å². The second-order valence-electron chi connectivity index (χ2n) is 4.40. The van der Waals surface area contributed by atoms with Gasteiger partial charge in [-0.15, -0.1) is 0 Å². The summed E-state index contributed by atoms with van der Waals surface area (Å²) >= 11 is 0. The lowest BCUT2D eigenvalue weighted by molar-refractivity contribution is -0.385. The average Bonchev–Trinajstić information content (AvgIpc) is 2.94. The molecule has 0 N–H and O–H groups in total. The van der Waals surface area contributed by atoms with Gasteiger partial charge >= 0.3 is 5.69 Å². The maximum absolute atomic E-state index is 12.3. The van der Waals surface area contributed by atoms with Crippen LogP contribution in [0.2, 0.25) is 0 Å². The molecule has 0 aliphatic rings. The monoisotopic (exact) mass is 278 g/mol. The molecule has 2 rings (SSSR count). The van der Waals surface area contributed by atoms with E-state index in [9.17, 15) is 14.9 Å². The molecule has 20 heavy (non-hydrogen) atoms. The van der Waals surface area contributed by atoms with E-state index in [1.54, 1.807) is 31.0 Å². The van der Waals surface area contributed by atoms with Crippen LogP contribution in [0.4, 0.5) is 5.69 Å². The van der Waals surface area contributed by atoms with Crippen LogP contribution < -0.4 is 0 Å². The van der Waals surface area contributed by atoms with Crippen LogP contribution in [0.5, 0.6) is 0 Å². The van der Waals surface area contributed by atoms with Crippen molar-refractivity contribution in [2.24, 2.45) is 14.1 Å². The van der Waals surface area contributed by atoms with Crippen molar-refractivity contribution in [1.29, 1.82) is 0 Å². The Balaban J connectivity index is 2.22. The Morgan fingerprint density at radius 1 is 1.50 bits per heavy atom. The van der Waals surface area contributed by atoms with Gasteiger partial charge in [0.05, 0.1) is 17.2 Å². The molecule has 0 aromatic carbocycles. The zero-order chi connectivity index (χ0) is 14.9. The van der Waals surface area contributed by atoms with Gasteiger partial charge in [-0.2, -0.15) is 10.2 Å². The Bertz CT molecular complexity index is 659. The van der Waals surface area contributed by atoms with Gasteiger partial charge in [-0.05, 0) is 6.07 Å². The molecule has 106 valence electrons. The topological polar surface area (TPSA) is 99.1 Å². The van der Waals surface area contributed by atoms with Gasteiger partial charge in [0.1, 0.15) is 6.20 Å². The number of hydrogen-bond acceptors (Lipinski definition) is 5. The predicted octanol–water partition coefficient (Wildman–Crippen LogP) is 0.334. The second kappa shape index (κ2) is 5.11. The summed E-state index contributed by atoms with van der Waals surface area (Å²) < 4.78 is 2.83.